The number of fused-ring (bicyclic) bond motifs is 1. The molecule has 0 spiro atoms. The fraction of sp³-hybridized carbons (Fsp3) is 0.350. The first-order valence-electron chi connectivity index (χ1n) is 9.62. The summed E-state index contributed by atoms with van der Waals surface area (Å²) in [6, 6.07) is 15.1. The van der Waals surface area contributed by atoms with Crippen molar-refractivity contribution in [1.82, 2.24) is 30.5 Å². The van der Waals surface area contributed by atoms with Crippen LogP contribution in [0.3, 0.4) is 0 Å². The molecule has 1 aliphatic rings. The van der Waals surface area contributed by atoms with E-state index in [0.717, 1.165) is 66.7 Å². The number of aryl methyl sites for hydroxylation is 1. The molecule has 3 heterocycles. The quantitative estimate of drug-likeness (QED) is 0.551. The third-order valence-electron chi connectivity index (χ3n) is 5.63. The molecule has 2 aromatic carbocycles. The van der Waals surface area contributed by atoms with Gasteiger partial charge in [-0.2, -0.15) is 0 Å². The van der Waals surface area contributed by atoms with Gasteiger partial charge in [0.1, 0.15) is 17.4 Å². The van der Waals surface area contributed by atoms with Crippen LogP contribution in [-0.2, 0) is 6.42 Å². The second kappa shape index (κ2) is 7.25. The number of aromatic nitrogens is 6. The number of hydrogen-bond donors (Lipinski definition) is 1. The molecular weight excluding hydrogens is 370 g/mol. The second-order valence-electron chi connectivity index (χ2n) is 7.49. The van der Waals surface area contributed by atoms with Crippen LogP contribution in [0.1, 0.15) is 24.8 Å². The van der Waals surface area contributed by atoms with Crippen LogP contribution in [0, 0.1) is 6.07 Å². The van der Waals surface area contributed by atoms with E-state index in [-0.39, 0.29) is 0 Å². The van der Waals surface area contributed by atoms with Crippen LogP contribution in [-0.4, -0.2) is 54.3 Å². The Labute approximate surface area is 166 Å². The molecule has 1 radical (unpaired) electrons. The molecule has 1 fully saturated rings. The molecule has 29 heavy (non-hydrogen) atoms. The smallest absolute Gasteiger partial charge is 0.143 e. The Hall–Kier alpha value is -3.33. The Bertz CT molecular complexity index is 1080. The highest BCUT2D eigenvalue weighted by molar-refractivity contribution is 5.73. The van der Waals surface area contributed by atoms with Gasteiger partial charge in [0.25, 0.3) is 0 Å². The monoisotopic (exact) mass is 390 g/mol. The number of hydrogen-bond acceptors (Lipinski definition) is 8. The summed E-state index contributed by atoms with van der Waals surface area (Å²) in [5.74, 6) is 0. The van der Waals surface area contributed by atoms with Crippen LogP contribution in [0.5, 0.6) is 0 Å². The summed E-state index contributed by atoms with van der Waals surface area (Å²) in [5.41, 5.74) is 3.88. The highest BCUT2D eigenvalue weighted by Gasteiger charge is 2.32. The van der Waals surface area contributed by atoms with E-state index in [0.29, 0.717) is 0 Å². The van der Waals surface area contributed by atoms with Gasteiger partial charge in [-0.05, 0) is 82.3 Å². The van der Waals surface area contributed by atoms with Crippen molar-refractivity contribution >= 4 is 16.7 Å². The molecule has 0 aliphatic carbocycles. The van der Waals surface area contributed by atoms with E-state index >= 15 is 0 Å². The van der Waals surface area contributed by atoms with Crippen LogP contribution >= 0.6 is 0 Å². The van der Waals surface area contributed by atoms with Crippen molar-refractivity contribution in [2.24, 2.45) is 0 Å². The van der Waals surface area contributed by atoms with Gasteiger partial charge < -0.3 is 10.0 Å². The van der Waals surface area contributed by atoms with Crippen LogP contribution < -0.4 is 4.90 Å². The lowest BCUT2D eigenvalue weighted by Gasteiger charge is -2.39. The topological polar surface area (TPSA) is 106 Å². The van der Waals surface area contributed by atoms with Gasteiger partial charge in [0.2, 0.25) is 0 Å². The summed E-state index contributed by atoms with van der Waals surface area (Å²) in [6.07, 6.45) is 4.53. The van der Waals surface area contributed by atoms with Crippen molar-refractivity contribution in [3.05, 3.63) is 54.4 Å². The van der Waals surface area contributed by atoms with Crippen molar-refractivity contribution < 1.29 is 9.74 Å². The highest BCUT2D eigenvalue weighted by atomic mass is 16.6. The predicted octanol–water partition coefficient (Wildman–Crippen LogP) is 1.96. The van der Waals surface area contributed by atoms with Gasteiger partial charge in [-0.1, -0.05) is 6.07 Å². The SMILES string of the molecule is OC1(CCc2ccc3nonc3c2)CCN(c2[c]cc(-n3cnnn3)cc2)CC1. The summed E-state index contributed by atoms with van der Waals surface area (Å²) in [7, 11) is 0. The Morgan fingerprint density at radius 3 is 2.72 bits per heavy atom. The predicted molar refractivity (Wildman–Crippen MR) is 105 cm³/mol. The summed E-state index contributed by atoms with van der Waals surface area (Å²) in [4.78, 5) is 2.25. The third kappa shape index (κ3) is 3.68. The van der Waals surface area contributed by atoms with E-state index in [1.807, 2.05) is 36.4 Å². The summed E-state index contributed by atoms with van der Waals surface area (Å²) < 4.78 is 6.35. The number of tetrazole rings is 1. The average Bonchev–Trinajstić information content (AvgIpc) is 3.45. The number of piperidine rings is 1. The van der Waals surface area contributed by atoms with Crippen molar-refractivity contribution in [3.8, 4) is 5.69 Å². The molecule has 2 aromatic heterocycles. The number of benzene rings is 2. The molecule has 4 aromatic rings. The summed E-state index contributed by atoms with van der Waals surface area (Å²) >= 11 is 0. The van der Waals surface area contributed by atoms with Crippen molar-refractivity contribution in [1.29, 1.82) is 0 Å². The average molecular weight is 390 g/mol. The fourth-order valence-corrected chi connectivity index (χ4v) is 3.80. The van der Waals surface area contributed by atoms with Gasteiger partial charge in [-0.15, -0.1) is 5.10 Å². The van der Waals surface area contributed by atoms with Crippen LogP contribution in [0.4, 0.5) is 5.69 Å². The van der Waals surface area contributed by atoms with E-state index < -0.39 is 5.60 Å². The highest BCUT2D eigenvalue weighted by Crippen LogP contribution is 2.30. The number of nitrogens with zero attached hydrogens (tertiary/aromatic N) is 7. The normalized spacial score (nSPS) is 16.4. The molecule has 0 saturated carbocycles. The molecule has 0 unspecified atom stereocenters. The van der Waals surface area contributed by atoms with E-state index in [1.165, 1.54) is 0 Å². The maximum absolute atomic E-state index is 11.0. The number of rotatable bonds is 5. The van der Waals surface area contributed by atoms with E-state index in [1.54, 1.807) is 11.0 Å². The van der Waals surface area contributed by atoms with Gasteiger partial charge >= 0.3 is 0 Å². The summed E-state index contributed by atoms with van der Waals surface area (Å²) in [6.45, 7) is 1.59. The van der Waals surface area contributed by atoms with E-state index in [4.69, 9.17) is 4.63 Å². The minimum absolute atomic E-state index is 0.653. The lowest BCUT2D eigenvalue weighted by atomic mass is 9.85. The Morgan fingerprint density at radius 2 is 1.97 bits per heavy atom. The van der Waals surface area contributed by atoms with Gasteiger partial charge in [0.05, 0.1) is 11.3 Å². The van der Waals surface area contributed by atoms with Gasteiger partial charge in [-0.3, -0.25) is 0 Å². The van der Waals surface area contributed by atoms with Crippen molar-refractivity contribution in [3.63, 3.8) is 0 Å². The maximum Gasteiger partial charge on any atom is 0.143 e. The first-order chi connectivity index (χ1) is 14.2. The van der Waals surface area contributed by atoms with Gasteiger partial charge in [-0.25, -0.2) is 9.31 Å². The number of aliphatic hydroxyl groups is 1. The van der Waals surface area contributed by atoms with Crippen LogP contribution in [0.15, 0.2) is 47.4 Å². The zero-order valence-electron chi connectivity index (χ0n) is 15.8. The molecule has 1 saturated heterocycles. The first-order valence-corrected chi connectivity index (χ1v) is 9.62. The van der Waals surface area contributed by atoms with E-state index in [9.17, 15) is 5.11 Å². The largest absolute Gasteiger partial charge is 0.390 e. The third-order valence-corrected chi connectivity index (χ3v) is 5.63. The zero-order valence-corrected chi connectivity index (χ0v) is 15.8. The Balaban J connectivity index is 1.19. The molecule has 1 aliphatic heterocycles. The number of anilines is 1. The molecule has 1 N–H and O–H groups in total. The Kier molecular flexibility index (Phi) is 4.44. The molecule has 9 nitrogen and oxygen atoms in total. The molecule has 147 valence electrons. The minimum atomic E-state index is -0.653. The fourth-order valence-electron chi connectivity index (χ4n) is 3.80. The van der Waals surface area contributed by atoms with Crippen molar-refractivity contribution in [2.75, 3.05) is 18.0 Å². The van der Waals surface area contributed by atoms with E-state index in [2.05, 4.69) is 36.8 Å². The molecular formula is C20H20N7O2. The molecule has 5 rings (SSSR count). The first kappa shape index (κ1) is 17.7. The zero-order chi connectivity index (χ0) is 19.7. The van der Waals surface area contributed by atoms with Crippen LogP contribution in [0.2, 0.25) is 0 Å². The van der Waals surface area contributed by atoms with Gasteiger partial charge in [0.15, 0.2) is 0 Å². The minimum Gasteiger partial charge on any atom is -0.390 e. The lowest BCUT2D eigenvalue weighted by Crippen LogP contribution is -2.44. The standard InChI is InChI=1S/C20H20N7O2/c28-20(8-7-15-1-6-18-19(13-15)23-29-22-18)9-11-26(12-10-20)16-2-4-17(5-3-16)27-14-21-24-25-27/h1-2,4-6,13-14,28H,7-12H2. The van der Waals surface area contributed by atoms with Gasteiger partial charge in [0, 0.05) is 24.8 Å². The van der Waals surface area contributed by atoms with Crippen molar-refractivity contribution in [2.45, 2.75) is 31.3 Å². The lowest BCUT2D eigenvalue weighted by molar-refractivity contribution is 0.00830. The molecule has 9 heteroatoms. The second-order valence-corrected chi connectivity index (χ2v) is 7.49. The molecule has 0 atom stereocenters. The molecule has 0 amide bonds. The summed E-state index contributed by atoms with van der Waals surface area (Å²) in [5, 5.41) is 29.9. The molecule has 0 bridgehead atoms. The maximum atomic E-state index is 11.0. The Morgan fingerprint density at radius 1 is 1.10 bits per heavy atom. The van der Waals surface area contributed by atoms with Crippen LogP contribution in [0.25, 0.3) is 16.7 Å².